The van der Waals surface area contributed by atoms with Gasteiger partial charge in [-0.2, -0.15) is 0 Å². The Balaban J connectivity index is 1.81. The number of carboxylic acids is 1. The number of hydrogen-bond donors (Lipinski definition) is 1. The molecular formula is C18H32O3. The highest BCUT2D eigenvalue weighted by molar-refractivity contribution is 5.66. The molecule has 0 aromatic carbocycles. The van der Waals surface area contributed by atoms with Crippen LogP contribution in [0.4, 0.5) is 0 Å². The lowest BCUT2D eigenvalue weighted by Crippen LogP contribution is -1.93. The van der Waals surface area contributed by atoms with Crippen LogP contribution in [-0.4, -0.2) is 23.3 Å². The maximum atomic E-state index is 10.3. The minimum Gasteiger partial charge on any atom is -0.481 e. The number of hydrogen-bond acceptors (Lipinski definition) is 2. The molecular weight excluding hydrogens is 264 g/mol. The third-order valence-corrected chi connectivity index (χ3v) is 4.08. The zero-order valence-corrected chi connectivity index (χ0v) is 13.6. The fourth-order valence-corrected chi connectivity index (χ4v) is 2.65. The highest BCUT2D eigenvalue weighted by atomic mass is 16.6. The molecule has 0 aromatic rings. The van der Waals surface area contributed by atoms with Crippen molar-refractivity contribution in [1.82, 2.24) is 0 Å². The van der Waals surface area contributed by atoms with Gasteiger partial charge in [-0.15, -0.1) is 0 Å². The van der Waals surface area contributed by atoms with Crippen molar-refractivity contribution in [2.24, 2.45) is 0 Å². The molecule has 1 rings (SSSR count). The topological polar surface area (TPSA) is 49.8 Å². The number of carbonyl (C=O) groups is 1. The van der Waals surface area contributed by atoms with E-state index >= 15 is 0 Å². The van der Waals surface area contributed by atoms with Gasteiger partial charge in [-0.3, -0.25) is 4.79 Å². The smallest absolute Gasteiger partial charge is 0.303 e. The molecule has 0 radical (unpaired) electrons. The van der Waals surface area contributed by atoms with Crippen LogP contribution >= 0.6 is 0 Å². The predicted octanol–water partition coefficient (Wildman–Crippen LogP) is 5.10. The number of aliphatic carboxylic acids is 1. The second-order valence-electron chi connectivity index (χ2n) is 6.12. The number of carboxylic acid groups (broad SMARTS) is 1. The highest BCUT2D eigenvalue weighted by Crippen LogP contribution is 2.30. The van der Waals surface area contributed by atoms with Gasteiger partial charge in [0, 0.05) is 6.42 Å². The monoisotopic (exact) mass is 296 g/mol. The minimum absolute atomic E-state index is 0.320. The SMILES string of the molecule is CCCCCC1O[C@H]1C/C=C\CCCCCCCC(=O)O. The van der Waals surface area contributed by atoms with Crippen LogP contribution in [0.15, 0.2) is 12.2 Å². The molecule has 1 aliphatic heterocycles. The summed E-state index contributed by atoms with van der Waals surface area (Å²) in [5.41, 5.74) is 0. The predicted molar refractivity (Wildman–Crippen MR) is 86.5 cm³/mol. The normalized spacial score (nSPS) is 21.0. The van der Waals surface area contributed by atoms with Crippen molar-refractivity contribution in [1.29, 1.82) is 0 Å². The van der Waals surface area contributed by atoms with E-state index in [1.807, 2.05) is 0 Å². The Labute approximate surface area is 129 Å². The van der Waals surface area contributed by atoms with Gasteiger partial charge >= 0.3 is 5.97 Å². The zero-order chi connectivity index (χ0) is 15.3. The molecule has 1 heterocycles. The number of unbranched alkanes of at least 4 members (excludes halogenated alkanes) is 7. The molecule has 21 heavy (non-hydrogen) atoms. The minimum atomic E-state index is -0.673. The van der Waals surface area contributed by atoms with E-state index < -0.39 is 5.97 Å². The molecule has 3 heteroatoms. The van der Waals surface area contributed by atoms with Crippen LogP contribution in [0.1, 0.15) is 84.0 Å². The molecule has 0 bridgehead atoms. The maximum Gasteiger partial charge on any atom is 0.303 e. The van der Waals surface area contributed by atoms with E-state index in [9.17, 15) is 4.79 Å². The Morgan fingerprint density at radius 2 is 1.76 bits per heavy atom. The first kappa shape index (κ1) is 18.2. The lowest BCUT2D eigenvalue weighted by molar-refractivity contribution is -0.137. The third-order valence-electron chi connectivity index (χ3n) is 4.08. The van der Waals surface area contributed by atoms with Crippen molar-refractivity contribution < 1.29 is 14.6 Å². The Morgan fingerprint density at radius 3 is 2.52 bits per heavy atom. The molecule has 1 saturated heterocycles. The van der Waals surface area contributed by atoms with Gasteiger partial charge < -0.3 is 9.84 Å². The molecule has 1 unspecified atom stereocenters. The molecule has 0 spiro atoms. The molecule has 1 aliphatic rings. The van der Waals surface area contributed by atoms with Crippen LogP contribution in [0.5, 0.6) is 0 Å². The van der Waals surface area contributed by atoms with Gasteiger partial charge in [0.25, 0.3) is 0 Å². The second kappa shape index (κ2) is 11.8. The van der Waals surface area contributed by atoms with E-state index in [0.29, 0.717) is 18.6 Å². The molecule has 0 saturated carbocycles. The molecule has 122 valence electrons. The summed E-state index contributed by atoms with van der Waals surface area (Å²) in [6.07, 6.45) is 18.7. The summed E-state index contributed by atoms with van der Waals surface area (Å²) in [5, 5.41) is 8.52. The molecule has 2 atom stereocenters. The van der Waals surface area contributed by atoms with Crippen molar-refractivity contribution in [3.05, 3.63) is 12.2 Å². The highest BCUT2D eigenvalue weighted by Gasteiger charge is 2.36. The van der Waals surface area contributed by atoms with Crippen molar-refractivity contribution in [2.75, 3.05) is 0 Å². The Kier molecular flexibility index (Phi) is 10.2. The van der Waals surface area contributed by atoms with E-state index in [4.69, 9.17) is 9.84 Å². The number of ether oxygens (including phenoxy) is 1. The largest absolute Gasteiger partial charge is 0.481 e. The van der Waals surface area contributed by atoms with Crippen molar-refractivity contribution in [3.8, 4) is 0 Å². The lowest BCUT2D eigenvalue weighted by Gasteiger charge is -1.98. The Hall–Kier alpha value is -0.830. The average Bonchev–Trinajstić information content (AvgIpc) is 3.19. The second-order valence-corrected chi connectivity index (χ2v) is 6.12. The lowest BCUT2D eigenvalue weighted by atomic mass is 10.1. The zero-order valence-electron chi connectivity index (χ0n) is 13.6. The van der Waals surface area contributed by atoms with Crippen molar-refractivity contribution in [2.45, 2.75) is 96.2 Å². The van der Waals surface area contributed by atoms with E-state index in [1.165, 1.54) is 38.5 Å². The molecule has 0 aromatic heterocycles. The standard InChI is InChI=1S/C18H32O3/c1-2-3-10-13-16-17(21-16)14-11-8-6-4-5-7-9-12-15-18(19)20/h8,11,16-17H,2-7,9-10,12-15H2,1H3,(H,19,20)/b11-8-/t16?,17-/m0/s1. The van der Waals surface area contributed by atoms with E-state index in [0.717, 1.165) is 32.1 Å². The maximum absolute atomic E-state index is 10.3. The first-order chi connectivity index (χ1) is 10.2. The van der Waals surface area contributed by atoms with E-state index in [2.05, 4.69) is 19.1 Å². The Morgan fingerprint density at radius 1 is 1.00 bits per heavy atom. The van der Waals surface area contributed by atoms with Crippen LogP contribution in [-0.2, 0) is 9.53 Å². The summed E-state index contributed by atoms with van der Waals surface area (Å²) in [4.78, 5) is 10.3. The van der Waals surface area contributed by atoms with Gasteiger partial charge in [-0.05, 0) is 32.1 Å². The summed E-state index contributed by atoms with van der Waals surface area (Å²) < 4.78 is 5.66. The van der Waals surface area contributed by atoms with Crippen LogP contribution in [0.2, 0.25) is 0 Å². The summed E-state index contributed by atoms with van der Waals surface area (Å²) in [6, 6.07) is 0. The Bertz CT molecular complexity index is 299. The van der Waals surface area contributed by atoms with E-state index in [1.54, 1.807) is 0 Å². The fourth-order valence-electron chi connectivity index (χ4n) is 2.65. The fraction of sp³-hybridized carbons (Fsp3) is 0.833. The third kappa shape index (κ3) is 10.5. The van der Waals surface area contributed by atoms with Crippen molar-refractivity contribution >= 4 is 5.97 Å². The van der Waals surface area contributed by atoms with Crippen LogP contribution in [0.25, 0.3) is 0 Å². The molecule has 0 aliphatic carbocycles. The van der Waals surface area contributed by atoms with Gasteiger partial charge in [0.15, 0.2) is 0 Å². The first-order valence-corrected chi connectivity index (χ1v) is 8.76. The average molecular weight is 296 g/mol. The summed E-state index contributed by atoms with van der Waals surface area (Å²) in [5.74, 6) is -0.673. The molecule has 3 nitrogen and oxygen atoms in total. The van der Waals surface area contributed by atoms with E-state index in [-0.39, 0.29) is 0 Å². The number of allylic oxidation sites excluding steroid dienone is 1. The van der Waals surface area contributed by atoms with Gasteiger partial charge in [-0.1, -0.05) is 57.6 Å². The van der Waals surface area contributed by atoms with Crippen LogP contribution in [0.3, 0.4) is 0 Å². The quantitative estimate of drug-likeness (QED) is 0.276. The van der Waals surface area contributed by atoms with Gasteiger partial charge in [0.1, 0.15) is 0 Å². The molecule has 1 fully saturated rings. The summed E-state index contributed by atoms with van der Waals surface area (Å²) >= 11 is 0. The summed E-state index contributed by atoms with van der Waals surface area (Å²) in [6.45, 7) is 2.24. The number of epoxide rings is 1. The first-order valence-electron chi connectivity index (χ1n) is 8.76. The molecule has 1 N–H and O–H groups in total. The van der Waals surface area contributed by atoms with Gasteiger partial charge in [-0.25, -0.2) is 0 Å². The summed E-state index contributed by atoms with van der Waals surface area (Å²) in [7, 11) is 0. The van der Waals surface area contributed by atoms with Gasteiger partial charge in [0.2, 0.25) is 0 Å². The van der Waals surface area contributed by atoms with Crippen molar-refractivity contribution in [3.63, 3.8) is 0 Å². The molecule has 0 amide bonds. The van der Waals surface area contributed by atoms with Crippen LogP contribution < -0.4 is 0 Å². The van der Waals surface area contributed by atoms with Gasteiger partial charge in [0.05, 0.1) is 12.2 Å². The number of rotatable bonds is 14. The van der Waals surface area contributed by atoms with Crippen LogP contribution in [0, 0.1) is 0 Å².